The number of halogens is 1. The van der Waals surface area contributed by atoms with E-state index in [1.807, 2.05) is 18.2 Å². The fourth-order valence-corrected chi connectivity index (χ4v) is 2.90. The quantitative estimate of drug-likeness (QED) is 0.669. The predicted molar refractivity (Wildman–Crippen MR) is 99.4 cm³/mol. The minimum absolute atomic E-state index is 0.193. The SMILES string of the molecule is CCc1ccc(Cl)cc1-c1[nH]c(-c2cc(N)ncn2)cc1C(=O)NC. The summed E-state index contributed by atoms with van der Waals surface area (Å²) in [6.07, 6.45) is 2.20. The average molecular weight is 356 g/mol. The molecular weight excluding hydrogens is 338 g/mol. The van der Waals surface area contributed by atoms with Crippen molar-refractivity contribution in [3.8, 4) is 22.6 Å². The number of nitrogens with two attached hydrogens (primary N) is 1. The highest BCUT2D eigenvalue weighted by Crippen LogP contribution is 2.32. The molecule has 1 amide bonds. The number of hydrogen-bond acceptors (Lipinski definition) is 4. The maximum atomic E-state index is 12.4. The van der Waals surface area contributed by atoms with Crippen LogP contribution in [0.5, 0.6) is 0 Å². The number of rotatable bonds is 4. The number of nitrogens with one attached hydrogen (secondary N) is 2. The first-order valence-corrected chi connectivity index (χ1v) is 8.23. The molecule has 0 radical (unpaired) electrons. The summed E-state index contributed by atoms with van der Waals surface area (Å²) < 4.78 is 0. The van der Waals surface area contributed by atoms with Gasteiger partial charge in [-0.1, -0.05) is 24.6 Å². The Labute approximate surface area is 150 Å². The van der Waals surface area contributed by atoms with E-state index < -0.39 is 0 Å². The van der Waals surface area contributed by atoms with Gasteiger partial charge >= 0.3 is 0 Å². The Balaban J connectivity index is 2.22. The van der Waals surface area contributed by atoms with Crippen molar-refractivity contribution in [3.05, 3.63) is 52.8 Å². The lowest BCUT2D eigenvalue weighted by molar-refractivity contribution is 0.0964. The van der Waals surface area contributed by atoms with E-state index in [-0.39, 0.29) is 5.91 Å². The van der Waals surface area contributed by atoms with Crippen LogP contribution in [0.3, 0.4) is 0 Å². The molecule has 3 aromatic rings. The molecule has 0 unspecified atom stereocenters. The monoisotopic (exact) mass is 355 g/mol. The maximum absolute atomic E-state index is 12.4. The molecule has 0 saturated heterocycles. The molecule has 2 heterocycles. The Bertz CT molecular complexity index is 935. The third-order valence-corrected chi connectivity index (χ3v) is 4.21. The van der Waals surface area contributed by atoms with Crippen LogP contribution in [0.2, 0.25) is 5.02 Å². The van der Waals surface area contributed by atoms with Crippen molar-refractivity contribution in [2.45, 2.75) is 13.3 Å². The molecule has 0 saturated carbocycles. The Morgan fingerprint density at radius 2 is 2.08 bits per heavy atom. The van der Waals surface area contributed by atoms with Crippen molar-refractivity contribution < 1.29 is 4.79 Å². The van der Waals surface area contributed by atoms with Gasteiger partial charge in [-0.2, -0.15) is 0 Å². The van der Waals surface area contributed by atoms with Crippen molar-refractivity contribution in [2.75, 3.05) is 12.8 Å². The molecule has 3 rings (SSSR count). The Morgan fingerprint density at radius 1 is 1.28 bits per heavy atom. The van der Waals surface area contributed by atoms with Crippen LogP contribution in [0.4, 0.5) is 5.82 Å². The highest BCUT2D eigenvalue weighted by molar-refractivity contribution is 6.31. The molecule has 25 heavy (non-hydrogen) atoms. The number of hydrogen-bond donors (Lipinski definition) is 3. The molecule has 0 aliphatic carbocycles. The van der Waals surface area contributed by atoms with Crippen LogP contribution in [-0.2, 0) is 6.42 Å². The summed E-state index contributed by atoms with van der Waals surface area (Å²) in [5.74, 6) is 0.168. The van der Waals surface area contributed by atoms with Gasteiger partial charge in [-0.15, -0.1) is 0 Å². The fraction of sp³-hybridized carbons (Fsp3) is 0.167. The molecule has 6 nitrogen and oxygen atoms in total. The number of carbonyl (C=O) groups excluding carboxylic acids is 1. The molecule has 0 fully saturated rings. The molecule has 2 aromatic heterocycles. The maximum Gasteiger partial charge on any atom is 0.253 e. The van der Waals surface area contributed by atoms with Gasteiger partial charge < -0.3 is 16.0 Å². The third-order valence-electron chi connectivity index (χ3n) is 3.98. The number of aromatic amines is 1. The normalized spacial score (nSPS) is 10.7. The highest BCUT2D eigenvalue weighted by atomic mass is 35.5. The summed E-state index contributed by atoms with van der Waals surface area (Å²) in [6.45, 7) is 2.06. The predicted octanol–water partition coefficient (Wildman–Crippen LogP) is 3.30. The van der Waals surface area contributed by atoms with Gasteiger partial charge in [-0.3, -0.25) is 4.79 Å². The van der Waals surface area contributed by atoms with E-state index in [9.17, 15) is 4.79 Å². The van der Waals surface area contributed by atoms with Gasteiger partial charge in [0.25, 0.3) is 5.91 Å². The summed E-state index contributed by atoms with van der Waals surface area (Å²) >= 11 is 6.18. The Kier molecular flexibility index (Phi) is 4.72. The second-order valence-corrected chi connectivity index (χ2v) is 5.97. The Hall–Kier alpha value is -2.86. The summed E-state index contributed by atoms with van der Waals surface area (Å²) in [5.41, 5.74) is 10.2. The first kappa shape index (κ1) is 17.0. The number of amides is 1. The minimum Gasteiger partial charge on any atom is -0.384 e. The van der Waals surface area contributed by atoms with E-state index in [0.717, 1.165) is 17.5 Å². The zero-order valence-corrected chi connectivity index (χ0v) is 14.7. The number of carbonyl (C=O) groups is 1. The van der Waals surface area contributed by atoms with Gasteiger partial charge in [-0.25, -0.2) is 9.97 Å². The van der Waals surface area contributed by atoms with Crippen LogP contribution < -0.4 is 11.1 Å². The summed E-state index contributed by atoms with van der Waals surface area (Å²) in [5, 5.41) is 3.28. The fourth-order valence-electron chi connectivity index (χ4n) is 2.73. The molecule has 128 valence electrons. The number of nitrogens with zero attached hydrogens (tertiary/aromatic N) is 2. The molecule has 4 N–H and O–H groups in total. The number of aromatic nitrogens is 3. The standard InChI is InChI=1S/C18H18ClN5O/c1-3-10-4-5-11(19)6-12(10)17-13(18(25)21-2)7-15(24-17)14-8-16(20)23-9-22-14/h4-9,24H,3H2,1-2H3,(H,21,25)(H2,20,22,23). The van der Waals surface area contributed by atoms with Gasteiger partial charge in [0.15, 0.2) is 0 Å². The number of nitrogen functional groups attached to an aromatic ring is 1. The lowest BCUT2D eigenvalue weighted by atomic mass is 10.00. The number of aryl methyl sites for hydroxylation is 1. The molecule has 0 aliphatic rings. The van der Waals surface area contributed by atoms with Crippen LogP contribution in [0.1, 0.15) is 22.8 Å². The molecule has 0 bridgehead atoms. The lowest BCUT2D eigenvalue weighted by Gasteiger charge is -2.09. The first-order chi connectivity index (χ1) is 12.0. The number of H-pyrrole nitrogens is 1. The van der Waals surface area contributed by atoms with E-state index in [4.69, 9.17) is 17.3 Å². The van der Waals surface area contributed by atoms with Gasteiger partial charge in [0.1, 0.15) is 12.1 Å². The van der Waals surface area contributed by atoms with E-state index in [0.29, 0.717) is 33.5 Å². The number of anilines is 1. The number of benzene rings is 1. The van der Waals surface area contributed by atoms with Crippen molar-refractivity contribution >= 4 is 23.3 Å². The van der Waals surface area contributed by atoms with Gasteiger partial charge in [0.05, 0.1) is 22.6 Å². The molecule has 1 aromatic carbocycles. The van der Waals surface area contributed by atoms with Gasteiger partial charge in [-0.05, 0) is 30.2 Å². The van der Waals surface area contributed by atoms with Crippen molar-refractivity contribution in [1.82, 2.24) is 20.3 Å². The van der Waals surface area contributed by atoms with E-state index in [2.05, 4.69) is 27.2 Å². The van der Waals surface area contributed by atoms with Gasteiger partial charge in [0, 0.05) is 23.7 Å². The van der Waals surface area contributed by atoms with Crippen LogP contribution >= 0.6 is 11.6 Å². The summed E-state index contributed by atoms with van der Waals surface area (Å²) in [7, 11) is 1.60. The van der Waals surface area contributed by atoms with Crippen LogP contribution in [-0.4, -0.2) is 27.9 Å². The second-order valence-electron chi connectivity index (χ2n) is 5.53. The van der Waals surface area contributed by atoms with Crippen LogP contribution in [0.25, 0.3) is 22.6 Å². The topological polar surface area (TPSA) is 96.7 Å². The smallest absolute Gasteiger partial charge is 0.253 e. The second kappa shape index (κ2) is 6.94. The van der Waals surface area contributed by atoms with Crippen molar-refractivity contribution in [1.29, 1.82) is 0 Å². The van der Waals surface area contributed by atoms with Crippen LogP contribution in [0, 0.1) is 0 Å². The van der Waals surface area contributed by atoms with Crippen LogP contribution in [0.15, 0.2) is 36.7 Å². The molecule has 0 atom stereocenters. The highest BCUT2D eigenvalue weighted by Gasteiger charge is 2.19. The van der Waals surface area contributed by atoms with Gasteiger partial charge in [0.2, 0.25) is 0 Å². The molecular formula is C18H18ClN5O. The van der Waals surface area contributed by atoms with Crippen molar-refractivity contribution in [2.24, 2.45) is 0 Å². The van der Waals surface area contributed by atoms with E-state index >= 15 is 0 Å². The third kappa shape index (κ3) is 3.34. The zero-order valence-electron chi connectivity index (χ0n) is 13.9. The molecule has 0 aliphatic heterocycles. The lowest BCUT2D eigenvalue weighted by Crippen LogP contribution is -2.18. The summed E-state index contributed by atoms with van der Waals surface area (Å²) in [6, 6.07) is 9.09. The minimum atomic E-state index is -0.193. The van der Waals surface area contributed by atoms with E-state index in [1.54, 1.807) is 19.2 Å². The zero-order chi connectivity index (χ0) is 18.0. The summed E-state index contributed by atoms with van der Waals surface area (Å²) in [4.78, 5) is 23.8. The van der Waals surface area contributed by atoms with E-state index in [1.165, 1.54) is 6.33 Å². The van der Waals surface area contributed by atoms with Crippen molar-refractivity contribution in [3.63, 3.8) is 0 Å². The molecule has 7 heteroatoms. The molecule has 0 spiro atoms. The average Bonchev–Trinajstić information content (AvgIpc) is 3.06. The largest absolute Gasteiger partial charge is 0.384 e. The Morgan fingerprint density at radius 3 is 2.76 bits per heavy atom. The first-order valence-electron chi connectivity index (χ1n) is 7.85.